The smallest absolute Gasteiger partial charge is 0.320 e. The first-order valence-electron chi connectivity index (χ1n) is 22.7. The Morgan fingerprint density at radius 3 is 2.18 bits per heavy atom. The second-order valence-electron chi connectivity index (χ2n) is 19.3. The number of benzene rings is 1. The molecule has 2 aliphatic carbocycles. The zero-order valence-corrected chi connectivity index (χ0v) is 37.6. The average Bonchev–Trinajstić information content (AvgIpc) is 3.99. The molecule has 3 N–H and O–H groups in total. The summed E-state index contributed by atoms with van der Waals surface area (Å²) in [5.74, 6) is 2.34. The average molecular weight is 828 g/mol. The van der Waals surface area contributed by atoms with Crippen LogP contribution in [0.5, 0.6) is 5.75 Å². The molecule has 0 bridgehead atoms. The third-order valence-electron chi connectivity index (χ3n) is 14.2. The summed E-state index contributed by atoms with van der Waals surface area (Å²) >= 11 is 0. The van der Waals surface area contributed by atoms with Gasteiger partial charge in [0.25, 0.3) is 0 Å². The van der Waals surface area contributed by atoms with Crippen LogP contribution in [0.15, 0.2) is 36.7 Å². The Kier molecular flexibility index (Phi) is 14.2. The molecule has 14 heteroatoms. The number of nitrogens with one attached hydrogen (secondary N) is 3. The van der Waals surface area contributed by atoms with Crippen molar-refractivity contribution in [1.29, 1.82) is 0 Å². The number of rotatable bonds is 19. The number of hydrogen-bond acceptors (Lipinski definition) is 9. The number of aromatic nitrogens is 4. The summed E-state index contributed by atoms with van der Waals surface area (Å²) in [7, 11) is 10.3. The molecule has 0 unspecified atom stereocenters. The predicted molar refractivity (Wildman–Crippen MR) is 236 cm³/mol. The van der Waals surface area contributed by atoms with Gasteiger partial charge >= 0.3 is 6.03 Å². The van der Waals surface area contributed by atoms with Crippen molar-refractivity contribution in [3.63, 3.8) is 0 Å². The van der Waals surface area contributed by atoms with Crippen LogP contribution in [0.2, 0.25) is 0 Å². The lowest BCUT2D eigenvalue weighted by atomic mass is 9.69. The van der Waals surface area contributed by atoms with E-state index >= 15 is 0 Å². The van der Waals surface area contributed by atoms with Gasteiger partial charge in [-0.15, -0.1) is 0 Å². The van der Waals surface area contributed by atoms with Gasteiger partial charge in [-0.1, -0.05) is 26.0 Å². The van der Waals surface area contributed by atoms with Gasteiger partial charge in [-0.25, -0.2) is 9.48 Å². The normalized spacial score (nSPS) is 24.8. The van der Waals surface area contributed by atoms with Crippen molar-refractivity contribution in [2.24, 2.45) is 11.3 Å². The number of amides is 3. The van der Waals surface area contributed by atoms with Crippen LogP contribution in [0.1, 0.15) is 112 Å². The van der Waals surface area contributed by atoms with E-state index in [9.17, 15) is 9.59 Å². The quantitative estimate of drug-likeness (QED) is 0.145. The highest BCUT2D eigenvalue weighted by Crippen LogP contribution is 2.49. The first kappa shape index (κ1) is 44.1. The van der Waals surface area contributed by atoms with Crippen LogP contribution in [0.25, 0.3) is 0 Å². The molecule has 0 radical (unpaired) electrons. The van der Waals surface area contributed by atoms with Gasteiger partial charge in [-0.2, -0.15) is 10.2 Å². The maximum atomic E-state index is 13.4. The highest BCUT2D eigenvalue weighted by Gasteiger charge is 2.50. The molecule has 330 valence electrons. The number of carbonyl (C=O) groups excluding carboxylic acids is 2. The van der Waals surface area contributed by atoms with E-state index in [1.165, 1.54) is 22.5 Å². The summed E-state index contributed by atoms with van der Waals surface area (Å²) in [6.45, 7) is 13.4. The van der Waals surface area contributed by atoms with E-state index in [0.717, 1.165) is 122 Å². The van der Waals surface area contributed by atoms with Crippen molar-refractivity contribution < 1.29 is 14.3 Å². The number of likely N-dealkylation sites (tertiary alicyclic amines) is 1. The molecule has 2 saturated carbocycles. The van der Waals surface area contributed by atoms with Crippen LogP contribution in [0.3, 0.4) is 0 Å². The second kappa shape index (κ2) is 19.4. The summed E-state index contributed by atoms with van der Waals surface area (Å²) in [5.41, 5.74) is 6.12. The second-order valence-corrected chi connectivity index (χ2v) is 19.3. The molecule has 1 aromatic carbocycles. The number of ether oxygens (including phenoxy) is 1. The fourth-order valence-electron chi connectivity index (χ4n) is 10.6. The molecule has 2 saturated heterocycles. The highest BCUT2D eigenvalue weighted by molar-refractivity contribution is 5.79. The van der Waals surface area contributed by atoms with E-state index in [4.69, 9.17) is 9.84 Å². The van der Waals surface area contributed by atoms with Gasteiger partial charge in [0.05, 0.1) is 17.4 Å². The minimum Gasteiger partial charge on any atom is -0.471 e. The standard InChI is InChI=1S/C46H73N11O3/c1-34(2)26-56-32-46(54(7)44(56)59)18-14-37(15-19-46)43-39(29-53(6)23-21-48-4)30-57(51-43)33-60-40-10-8-35(9-11-40)27-55-31-45(24-41(55)58)16-12-36(13-17-45)42-38(25-49-50-42)28-52(5)22-20-47-3/h8-11,25,30,34,36-37,47-48H,12-24,26-29,31-33H2,1-7H3,(H,49,50). The van der Waals surface area contributed by atoms with Gasteiger partial charge in [-0.3, -0.25) is 9.89 Å². The summed E-state index contributed by atoms with van der Waals surface area (Å²) in [6.07, 6.45) is 13.2. The van der Waals surface area contributed by atoms with Crippen molar-refractivity contribution in [2.45, 2.75) is 115 Å². The molecule has 14 nitrogen and oxygen atoms in total. The number of H-pyrrole nitrogens is 1. The number of carbonyl (C=O) groups is 2. The van der Waals surface area contributed by atoms with Crippen LogP contribution < -0.4 is 15.4 Å². The van der Waals surface area contributed by atoms with Crippen molar-refractivity contribution in [3.05, 3.63) is 64.7 Å². The Morgan fingerprint density at radius 1 is 0.883 bits per heavy atom. The summed E-state index contributed by atoms with van der Waals surface area (Å²) < 4.78 is 8.28. The molecule has 0 atom stereocenters. The van der Waals surface area contributed by atoms with E-state index in [1.54, 1.807) is 0 Å². The van der Waals surface area contributed by atoms with Gasteiger partial charge in [0.2, 0.25) is 5.91 Å². The number of hydrogen-bond donors (Lipinski definition) is 3. The third-order valence-corrected chi connectivity index (χ3v) is 14.2. The van der Waals surface area contributed by atoms with Crippen molar-refractivity contribution >= 4 is 11.9 Å². The van der Waals surface area contributed by atoms with Crippen molar-refractivity contribution in [3.8, 4) is 5.75 Å². The topological polar surface area (TPSA) is 130 Å². The predicted octanol–water partition coefficient (Wildman–Crippen LogP) is 5.44. The summed E-state index contributed by atoms with van der Waals surface area (Å²) in [6, 6.07) is 8.41. The highest BCUT2D eigenvalue weighted by atomic mass is 16.5. The maximum Gasteiger partial charge on any atom is 0.320 e. The molecule has 4 heterocycles. The molecule has 3 amide bonds. The lowest BCUT2D eigenvalue weighted by molar-refractivity contribution is -0.128. The van der Waals surface area contributed by atoms with Crippen LogP contribution >= 0.6 is 0 Å². The summed E-state index contributed by atoms with van der Waals surface area (Å²) in [4.78, 5) is 37.4. The van der Waals surface area contributed by atoms with Gasteiger partial charge in [0, 0.05) is 114 Å². The lowest BCUT2D eigenvalue weighted by Crippen LogP contribution is -2.47. The van der Waals surface area contributed by atoms with Crippen LogP contribution in [0, 0.1) is 11.3 Å². The van der Waals surface area contributed by atoms with Gasteiger partial charge in [-0.05, 0) is 109 Å². The van der Waals surface area contributed by atoms with E-state index in [2.05, 4.69) is 86.7 Å². The number of nitrogens with zero attached hydrogens (tertiary/aromatic N) is 8. The van der Waals surface area contributed by atoms with Crippen LogP contribution in [-0.2, 0) is 31.2 Å². The molecule has 4 aliphatic rings. The molecular formula is C46H73N11O3. The first-order valence-corrected chi connectivity index (χ1v) is 22.7. The Labute approximate surface area is 358 Å². The van der Waals surface area contributed by atoms with Gasteiger partial charge in [0.15, 0.2) is 6.73 Å². The zero-order valence-electron chi connectivity index (χ0n) is 37.6. The molecule has 7 rings (SSSR count). The Morgan fingerprint density at radius 2 is 1.53 bits per heavy atom. The molecular weight excluding hydrogens is 755 g/mol. The molecule has 2 spiro atoms. The van der Waals surface area contributed by atoms with E-state index < -0.39 is 0 Å². The third kappa shape index (κ3) is 10.2. The Bertz CT molecular complexity index is 1860. The Hall–Kier alpha value is -3.98. The number of aromatic amines is 1. The lowest BCUT2D eigenvalue weighted by Gasteiger charge is -2.40. The van der Waals surface area contributed by atoms with Crippen LogP contribution in [-0.4, -0.2) is 143 Å². The Balaban J connectivity index is 0.923. The maximum absolute atomic E-state index is 13.4. The molecule has 2 aliphatic heterocycles. The fourth-order valence-corrected chi connectivity index (χ4v) is 10.6. The molecule has 2 aromatic heterocycles. The van der Waals surface area contributed by atoms with Crippen molar-refractivity contribution in [2.75, 3.05) is 81.1 Å². The zero-order chi connectivity index (χ0) is 42.4. The van der Waals surface area contributed by atoms with E-state index in [-0.39, 0.29) is 22.9 Å². The SMILES string of the molecule is CNCCN(C)Cc1cn(COc2ccc(CN3CC4(CCC(c5[nH]ncc5CN(C)CCNC)CC4)CC3=O)cc2)nc1C1CCC2(CC1)CN(CC(C)C)C(=O)N2C. The molecule has 4 fully saturated rings. The summed E-state index contributed by atoms with van der Waals surface area (Å²) in [5, 5.41) is 19.4. The minimum atomic E-state index is -0.0812. The fraction of sp³-hybridized carbons (Fsp3) is 0.696. The number of urea groups is 1. The van der Waals surface area contributed by atoms with E-state index in [1.807, 2.05) is 49.1 Å². The molecule has 60 heavy (non-hydrogen) atoms. The van der Waals surface area contributed by atoms with Gasteiger partial charge in [0.1, 0.15) is 5.75 Å². The monoisotopic (exact) mass is 828 g/mol. The van der Waals surface area contributed by atoms with Gasteiger partial charge < -0.3 is 39.9 Å². The van der Waals surface area contributed by atoms with Crippen LogP contribution in [0.4, 0.5) is 4.79 Å². The first-order chi connectivity index (χ1) is 28.9. The molecule has 3 aromatic rings. The van der Waals surface area contributed by atoms with E-state index in [0.29, 0.717) is 37.5 Å². The largest absolute Gasteiger partial charge is 0.471 e. The van der Waals surface area contributed by atoms with Crippen molar-refractivity contribution in [1.82, 2.24) is 55.1 Å². The minimum absolute atomic E-state index is 0.0726. The number of likely N-dealkylation sites (N-methyl/N-ethyl adjacent to an activating group) is 5.